The van der Waals surface area contributed by atoms with E-state index in [9.17, 15) is 19.2 Å². The number of hydrogen-bond acceptors (Lipinski definition) is 8. The molecule has 3 aliphatic heterocycles. The van der Waals surface area contributed by atoms with Crippen molar-refractivity contribution in [3.8, 4) is 11.3 Å². The third-order valence-electron chi connectivity index (χ3n) is 9.04. The summed E-state index contributed by atoms with van der Waals surface area (Å²) in [5.41, 5.74) is 7.44. The van der Waals surface area contributed by atoms with Gasteiger partial charge in [0.2, 0.25) is 0 Å². The van der Waals surface area contributed by atoms with Crippen LogP contribution in [0, 0.1) is 0 Å². The number of aromatic nitrogens is 2. The van der Waals surface area contributed by atoms with E-state index in [1.807, 2.05) is 18.3 Å². The Morgan fingerprint density at radius 3 is 2.56 bits per heavy atom. The van der Waals surface area contributed by atoms with Crippen molar-refractivity contribution < 1.29 is 24.0 Å². The summed E-state index contributed by atoms with van der Waals surface area (Å²) in [5.74, 6) is -1.05. The highest BCUT2D eigenvalue weighted by Gasteiger charge is 2.44. The maximum atomic E-state index is 13.3. The fraction of sp³-hybridized carbons (Fsp3) is 0.419. The van der Waals surface area contributed by atoms with Crippen molar-refractivity contribution in [3.05, 3.63) is 58.8 Å². The number of hydrogen-bond donors (Lipinski definition) is 0. The van der Waals surface area contributed by atoms with Crippen LogP contribution in [0.4, 0.5) is 0 Å². The molecular weight excluding hydrogens is 522 g/mol. The average molecular weight is 554 g/mol. The standard InChI is InChI=1S/C31H31N5O5/c37-18-41-36-27(38)9-8-26(31(36)40)35-17-21-14-20(6-7-24(21)30(35)39)25-15-22(16-34-12-1-2-13-34)28-29(33-25)23(10-11-32-28)19-4-3-5-19/h6-7,10-11,14-15,18-19,26H,1-5,8-9,12-13,16-17H2. The van der Waals surface area contributed by atoms with Crippen LogP contribution >= 0.6 is 0 Å². The van der Waals surface area contributed by atoms with Gasteiger partial charge in [0.1, 0.15) is 6.04 Å². The molecule has 41 heavy (non-hydrogen) atoms. The van der Waals surface area contributed by atoms with Crippen LogP contribution < -0.4 is 0 Å². The summed E-state index contributed by atoms with van der Waals surface area (Å²) >= 11 is 0. The lowest BCUT2D eigenvalue weighted by Crippen LogP contribution is -2.54. The van der Waals surface area contributed by atoms with Crippen molar-refractivity contribution in [1.82, 2.24) is 24.8 Å². The Bertz CT molecular complexity index is 1580. The predicted octanol–water partition coefficient (Wildman–Crippen LogP) is 3.72. The van der Waals surface area contributed by atoms with E-state index in [-0.39, 0.29) is 31.8 Å². The Balaban J connectivity index is 1.24. The fourth-order valence-corrected chi connectivity index (χ4v) is 6.65. The number of carbonyl (C=O) groups excluding carboxylic acids is 4. The molecule has 10 heteroatoms. The first-order chi connectivity index (χ1) is 20.0. The molecule has 0 radical (unpaired) electrons. The van der Waals surface area contributed by atoms with Crippen molar-refractivity contribution in [2.45, 2.75) is 70.0 Å². The fourth-order valence-electron chi connectivity index (χ4n) is 6.65. The topological polar surface area (TPSA) is 113 Å². The normalized spacial score (nSPS) is 21.5. The van der Waals surface area contributed by atoms with Gasteiger partial charge < -0.3 is 9.74 Å². The molecule has 210 valence electrons. The van der Waals surface area contributed by atoms with Gasteiger partial charge in [-0.2, -0.15) is 0 Å². The minimum absolute atomic E-state index is 0.00773. The highest BCUT2D eigenvalue weighted by atomic mass is 16.7. The molecule has 0 bridgehead atoms. The quantitative estimate of drug-likeness (QED) is 0.321. The van der Waals surface area contributed by atoms with Crippen LogP contribution in [0.5, 0.6) is 0 Å². The molecule has 2 aromatic heterocycles. The van der Waals surface area contributed by atoms with Gasteiger partial charge in [0.05, 0.1) is 16.7 Å². The number of pyridine rings is 2. The highest BCUT2D eigenvalue weighted by Crippen LogP contribution is 2.40. The van der Waals surface area contributed by atoms with Gasteiger partial charge in [0.25, 0.3) is 17.7 Å². The van der Waals surface area contributed by atoms with Gasteiger partial charge in [-0.25, -0.2) is 4.98 Å². The summed E-state index contributed by atoms with van der Waals surface area (Å²) in [4.78, 5) is 67.7. The van der Waals surface area contributed by atoms with E-state index < -0.39 is 17.9 Å². The number of fused-ring (bicyclic) bond motifs is 2. The summed E-state index contributed by atoms with van der Waals surface area (Å²) in [7, 11) is 0. The molecule has 2 saturated heterocycles. The van der Waals surface area contributed by atoms with Crippen LogP contribution in [0.15, 0.2) is 36.5 Å². The Labute approximate surface area is 237 Å². The molecular formula is C31H31N5O5. The van der Waals surface area contributed by atoms with E-state index >= 15 is 0 Å². The van der Waals surface area contributed by atoms with Gasteiger partial charge in [0, 0.05) is 36.8 Å². The molecule has 7 rings (SSSR count). The van der Waals surface area contributed by atoms with Gasteiger partial charge in [-0.05, 0) is 92.1 Å². The van der Waals surface area contributed by atoms with Crippen molar-refractivity contribution in [2.75, 3.05) is 13.1 Å². The lowest BCUT2D eigenvalue weighted by molar-refractivity contribution is -0.200. The molecule has 0 spiro atoms. The van der Waals surface area contributed by atoms with Crippen molar-refractivity contribution in [2.24, 2.45) is 0 Å². The third-order valence-corrected chi connectivity index (χ3v) is 9.04. The van der Waals surface area contributed by atoms with Crippen LogP contribution in [-0.2, 0) is 32.3 Å². The van der Waals surface area contributed by atoms with E-state index in [0.29, 0.717) is 16.5 Å². The highest BCUT2D eigenvalue weighted by molar-refractivity contribution is 6.05. The Morgan fingerprint density at radius 1 is 0.976 bits per heavy atom. The van der Waals surface area contributed by atoms with E-state index in [0.717, 1.165) is 47.5 Å². The summed E-state index contributed by atoms with van der Waals surface area (Å²) in [6.07, 6.45) is 8.11. The minimum Gasteiger partial charge on any atom is -0.334 e. The summed E-state index contributed by atoms with van der Waals surface area (Å²) in [6.45, 7) is 3.26. The summed E-state index contributed by atoms with van der Waals surface area (Å²) in [6, 6.07) is 9.08. The third kappa shape index (κ3) is 4.46. The molecule has 3 aromatic rings. The smallest absolute Gasteiger partial charge is 0.321 e. The zero-order valence-corrected chi connectivity index (χ0v) is 22.8. The van der Waals surface area contributed by atoms with Crippen molar-refractivity contribution in [3.63, 3.8) is 0 Å². The average Bonchev–Trinajstić information content (AvgIpc) is 3.58. The molecule has 1 aliphatic carbocycles. The largest absolute Gasteiger partial charge is 0.334 e. The van der Waals surface area contributed by atoms with Crippen LogP contribution in [0.3, 0.4) is 0 Å². The number of piperidine rings is 1. The molecule has 3 amide bonds. The second-order valence-electron chi connectivity index (χ2n) is 11.5. The number of nitrogens with zero attached hydrogens (tertiary/aromatic N) is 5. The van der Waals surface area contributed by atoms with Crippen LogP contribution in [-0.4, -0.2) is 68.2 Å². The van der Waals surface area contributed by atoms with E-state index in [1.165, 1.54) is 48.1 Å². The zero-order valence-electron chi connectivity index (χ0n) is 22.8. The number of rotatable bonds is 7. The second-order valence-corrected chi connectivity index (χ2v) is 11.5. The molecule has 5 heterocycles. The minimum atomic E-state index is -0.877. The molecule has 1 atom stereocenters. The van der Waals surface area contributed by atoms with Gasteiger partial charge in [-0.1, -0.05) is 12.5 Å². The first kappa shape index (κ1) is 25.8. The summed E-state index contributed by atoms with van der Waals surface area (Å²) in [5, 5.41) is 0.470. The van der Waals surface area contributed by atoms with Gasteiger partial charge in [-0.3, -0.25) is 29.1 Å². The summed E-state index contributed by atoms with van der Waals surface area (Å²) < 4.78 is 0. The maximum Gasteiger partial charge on any atom is 0.321 e. The van der Waals surface area contributed by atoms with Crippen LogP contribution in [0.1, 0.15) is 77.9 Å². The van der Waals surface area contributed by atoms with Crippen molar-refractivity contribution in [1.29, 1.82) is 0 Å². The predicted molar refractivity (Wildman–Crippen MR) is 148 cm³/mol. The van der Waals surface area contributed by atoms with E-state index in [4.69, 9.17) is 9.97 Å². The number of hydroxylamine groups is 2. The Morgan fingerprint density at radius 2 is 1.80 bits per heavy atom. The van der Waals surface area contributed by atoms with Crippen LogP contribution in [0.2, 0.25) is 0 Å². The van der Waals surface area contributed by atoms with Crippen molar-refractivity contribution >= 4 is 35.2 Å². The lowest BCUT2D eigenvalue weighted by atomic mass is 9.79. The number of benzene rings is 1. The number of amides is 3. The van der Waals surface area contributed by atoms with Crippen LogP contribution in [0.25, 0.3) is 22.3 Å². The molecule has 0 N–H and O–H groups in total. The van der Waals surface area contributed by atoms with Gasteiger partial charge >= 0.3 is 6.47 Å². The number of likely N-dealkylation sites (tertiary alicyclic amines) is 1. The zero-order chi connectivity index (χ0) is 28.1. The SMILES string of the molecule is O=CON1C(=O)CCC(N2Cc3cc(-c4cc(CN5CCCC5)c5nccc(C6CCC6)c5n4)ccc3C2=O)C1=O. The monoisotopic (exact) mass is 553 g/mol. The molecule has 4 aliphatic rings. The Kier molecular flexibility index (Phi) is 6.50. The first-order valence-electron chi connectivity index (χ1n) is 14.4. The van der Waals surface area contributed by atoms with E-state index in [1.54, 1.807) is 6.07 Å². The van der Waals surface area contributed by atoms with E-state index in [2.05, 4.69) is 21.9 Å². The Hall–Kier alpha value is -4.18. The number of carbonyl (C=O) groups is 4. The molecule has 1 unspecified atom stereocenters. The molecule has 1 saturated carbocycles. The lowest BCUT2D eigenvalue weighted by Gasteiger charge is -2.33. The molecule has 1 aromatic carbocycles. The van der Waals surface area contributed by atoms with Gasteiger partial charge in [-0.15, -0.1) is 5.06 Å². The first-order valence-corrected chi connectivity index (χ1v) is 14.4. The maximum absolute atomic E-state index is 13.3. The molecule has 3 fully saturated rings. The number of imide groups is 1. The second kappa shape index (κ2) is 10.3. The molecule has 10 nitrogen and oxygen atoms in total. The van der Waals surface area contributed by atoms with Gasteiger partial charge in [0.15, 0.2) is 0 Å².